The fraction of sp³-hybridized carbons (Fsp3) is 0.211. The van der Waals surface area contributed by atoms with Crippen LogP contribution in [0.15, 0.2) is 48.5 Å². The number of nitrogens with one attached hydrogen (secondary N) is 1. The van der Waals surface area contributed by atoms with Gasteiger partial charge >= 0.3 is 0 Å². The number of anilines is 1. The largest absolute Gasteiger partial charge is 0.495 e. The van der Waals surface area contributed by atoms with Crippen LogP contribution in [0, 0.1) is 0 Å². The van der Waals surface area contributed by atoms with Gasteiger partial charge in [0.1, 0.15) is 11.8 Å². The number of halogens is 1. The molecule has 2 amide bonds. The molecule has 0 saturated heterocycles. The first-order valence-electron chi connectivity index (χ1n) is 7.91. The molecular weight excluding hydrogens is 356 g/mol. The zero-order valence-corrected chi connectivity index (χ0v) is 15.2. The second-order valence-corrected chi connectivity index (χ2v) is 5.91. The molecule has 2 aromatic rings. The monoisotopic (exact) mass is 374 g/mol. The number of carbonyl (C=O) groups excluding carboxylic acids is 3. The summed E-state index contributed by atoms with van der Waals surface area (Å²) in [5.74, 6) is -1.11. The molecule has 0 heterocycles. The Morgan fingerprint density at radius 3 is 2.50 bits per heavy atom. The number of Topliss-reactive ketones (excluding diaryl/α,β-unsaturated/α-hetero) is 1. The number of benzene rings is 2. The number of amides is 2. The van der Waals surface area contributed by atoms with E-state index < -0.39 is 17.7 Å². The van der Waals surface area contributed by atoms with Crippen molar-refractivity contribution in [3.05, 3.63) is 59.1 Å². The van der Waals surface area contributed by atoms with E-state index in [4.69, 9.17) is 16.3 Å². The Kier molecular flexibility index (Phi) is 6.74. The lowest BCUT2D eigenvalue weighted by Crippen LogP contribution is -2.45. The smallest absolute Gasteiger partial charge is 0.289 e. The standard InChI is InChI=1S/C19H19ClN2O4/c1-13(22(12-23)16-9-5-6-10-17(16)26-2)18(24)19(25)21-11-14-7-3-4-8-15(14)20/h3-10,12-13H,11H2,1-2H3,(H,21,25). The normalized spacial score (nSPS) is 11.3. The summed E-state index contributed by atoms with van der Waals surface area (Å²) in [5.41, 5.74) is 1.10. The summed E-state index contributed by atoms with van der Waals surface area (Å²) in [5, 5.41) is 3.03. The number of nitrogens with zero attached hydrogens (tertiary/aromatic N) is 1. The summed E-state index contributed by atoms with van der Waals surface area (Å²) < 4.78 is 5.21. The third-order valence-electron chi connectivity index (χ3n) is 3.89. The molecule has 2 rings (SSSR count). The number of methoxy groups -OCH3 is 1. The third-order valence-corrected chi connectivity index (χ3v) is 4.26. The second kappa shape index (κ2) is 9.01. The van der Waals surface area contributed by atoms with Crippen LogP contribution in [0.5, 0.6) is 5.75 Å². The molecule has 136 valence electrons. The van der Waals surface area contributed by atoms with E-state index >= 15 is 0 Å². The van der Waals surface area contributed by atoms with Crippen LogP contribution < -0.4 is 15.0 Å². The molecule has 26 heavy (non-hydrogen) atoms. The average Bonchev–Trinajstić information content (AvgIpc) is 2.67. The van der Waals surface area contributed by atoms with Crippen LogP contribution >= 0.6 is 11.6 Å². The summed E-state index contributed by atoms with van der Waals surface area (Å²) in [6.45, 7) is 1.60. The van der Waals surface area contributed by atoms with Crippen LogP contribution in [0.1, 0.15) is 12.5 Å². The topological polar surface area (TPSA) is 75.7 Å². The van der Waals surface area contributed by atoms with Gasteiger partial charge in [-0.05, 0) is 30.7 Å². The summed E-state index contributed by atoms with van der Waals surface area (Å²) in [6, 6.07) is 12.8. The van der Waals surface area contributed by atoms with E-state index in [-0.39, 0.29) is 6.54 Å². The first-order chi connectivity index (χ1) is 12.5. The lowest BCUT2D eigenvalue weighted by Gasteiger charge is -2.25. The van der Waals surface area contributed by atoms with E-state index in [1.54, 1.807) is 48.5 Å². The lowest BCUT2D eigenvalue weighted by atomic mass is 10.1. The second-order valence-electron chi connectivity index (χ2n) is 5.50. The van der Waals surface area contributed by atoms with Crippen molar-refractivity contribution in [2.75, 3.05) is 12.0 Å². The third kappa shape index (κ3) is 4.40. The van der Waals surface area contributed by atoms with Crippen molar-refractivity contribution in [1.29, 1.82) is 0 Å². The lowest BCUT2D eigenvalue weighted by molar-refractivity contribution is -0.138. The van der Waals surface area contributed by atoms with Gasteiger partial charge in [-0.3, -0.25) is 14.4 Å². The Morgan fingerprint density at radius 2 is 1.85 bits per heavy atom. The Balaban J connectivity index is 2.10. The highest BCUT2D eigenvalue weighted by Gasteiger charge is 2.28. The van der Waals surface area contributed by atoms with Gasteiger partial charge in [0.25, 0.3) is 5.91 Å². The zero-order chi connectivity index (χ0) is 19.1. The minimum atomic E-state index is -0.991. The molecule has 0 aliphatic heterocycles. The number of ether oxygens (including phenoxy) is 1. The number of ketones is 1. The summed E-state index contributed by atoms with van der Waals surface area (Å²) in [4.78, 5) is 37.3. The molecule has 0 aromatic heterocycles. The fourth-order valence-electron chi connectivity index (χ4n) is 2.42. The Labute approximate surface area is 156 Å². The van der Waals surface area contributed by atoms with Gasteiger partial charge in [0.2, 0.25) is 12.2 Å². The molecule has 0 saturated carbocycles. The minimum Gasteiger partial charge on any atom is -0.495 e. The molecular formula is C19H19ClN2O4. The quantitative estimate of drug-likeness (QED) is 0.569. The van der Waals surface area contributed by atoms with Crippen LogP contribution in [-0.4, -0.2) is 31.3 Å². The molecule has 0 radical (unpaired) electrons. The first-order valence-corrected chi connectivity index (χ1v) is 8.29. The number of carbonyl (C=O) groups is 3. The van der Waals surface area contributed by atoms with Crippen molar-refractivity contribution in [2.24, 2.45) is 0 Å². The molecule has 0 fully saturated rings. The zero-order valence-electron chi connectivity index (χ0n) is 14.4. The van der Waals surface area contributed by atoms with Crippen molar-refractivity contribution in [2.45, 2.75) is 19.5 Å². The molecule has 1 atom stereocenters. The SMILES string of the molecule is COc1ccccc1N(C=O)C(C)C(=O)C(=O)NCc1ccccc1Cl. The van der Waals surface area contributed by atoms with E-state index in [0.29, 0.717) is 28.4 Å². The van der Waals surface area contributed by atoms with Crippen molar-refractivity contribution in [3.63, 3.8) is 0 Å². The average molecular weight is 375 g/mol. The van der Waals surface area contributed by atoms with Gasteiger partial charge in [0.15, 0.2) is 0 Å². The van der Waals surface area contributed by atoms with E-state index in [1.807, 2.05) is 0 Å². The Bertz CT molecular complexity index is 810. The fourth-order valence-corrected chi connectivity index (χ4v) is 2.62. The van der Waals surface area contributed by atoms with Crippen LogP contribution in [0.2, 0.25) is 5.02 Å². The van der Waals surface area contributed by atoms with Gasteiger partial charge in [-0.2, -0.15) is 0 Å². The highest BCUT2D eigenvalue weighted by atomic mass is 35.5. The molecule has 6 nitrogen and oxygen atoms in total. The maximum Gasteiger partial charge on any atom is 0.289 e. The molecule has 7 heteroatoms. The van der Waals surface area contributed by atoms with Crippen LogP contribution in [0.3, 0.4) is 0 Å². The van der Waals surface area contributed by atoms with Crippen molar-refractivity contribution in [3.8, 4) is 5.75 Å². The summed E-state index contributed by atoms with van der Waals surface area (Å²) in [7, 11) is 1.46. The van der Waals surface area contributed by atoms with Gasteiger partial charge in [0, 0.05) is 11.6 Å². The Hall–Kier alpha value is -2.86. The highest BCUT2D eigenvalue weighted by Crippen LogP contribution is 2.28. The number of rotatable bonds is 8. The van der Waals surface area contributed by atoms with Crippen molar-refractivity contribution < 1.29 is 19.1 Å². The number of hydrogen-bond donors (Lipinski definition) is 1. The van der Waals surface area contributed by atoms with Crippen molar-refractivity contribution in [1.82, 2.24) is 5.32 Å². The van der Waals surface area contributed by atoms with Crippen LogP contribution in [-0.2, 0) is 20.9 Å². The van der Waals surface area contributed by atoms with Gasteiger partial charge in [0.05, 0.1) is 12.8 Å². The number of para-hydroxylation sites is 2. The molecule has 2 aromatic carbocycles. The van der Waals surface area contributed by atoms with Gasteiger partial charge in [-0.25, -0.2) is 0 Å². The Morgan fingerprint density at radius 1 is 1.19 bits per heavy atom. The minimum absolute atomic E-state index is 0.118. The predicted molar refractivity (Wildman–Crippen MR) is 99.3 cm³/mol. The maximum absolute atomic E-state index is 12.4. The van der Waals surface area contributed by atoms with Crippen molar-refractivity contribution >= 4 is 35.4 Å². The first kappa shape index (κ1) is 19.5. The van der Waals surface area contributed by atoms with Gasteiger partial charge in [-0.15, -0.1) is 0 Å². The molecule has 0 aliphatic rings. The van der Waals surface area contributed by atoms with Gasteiger partial charge < -0.3 is 15.0 Å². The van der Waals surface area contributed by atoms with E-state index in [2.05, 4.69) is 5.32 Å². The molecule has 1 unspecified atom stereocenters. The molecule has 0 bridgehead atoms. The highest BCUT2D eigenvalue weighted by molar-refractivity contribution is 6.39. The van der Waals surface area contributed by atoms with E-state index in [0.717, 1.165) is 4.90 Å². The van der Waals surface area contributed by atoms with E-state index in [1.165, 1.54) is 14.0 Å². The summed E-state index contributed by atoms with van der Waals surface area (Å²) in [6.07, 6.45) is 0.502. The maximum atomic E-state index is 12.4. The molecule has 0 aliphatic carbocycles. The molecule has 0 spiro atoms. The van der Waals surface area contributed by atoms with Gasteiger partial charge in [-0.1, -0.05) is 41.9 Å². The number of hydrogen-bond acceptors (Lipinski definition) is 4. The summed E-state index contributed by atoms with van der Waals surface area (Å²) >= 11 is 6.03. The van der Waals surface area contributed by atoms with Crippen LogP contribution in [0.25, 0.3) is 0 Å². The van der Waals surface area contributed by atoms with E-state index in [9.17, 15) is 14.4 Å². The predicted octanol–water partition coefficient (Wildman–Crippen LogP) is 2.59. The molecule has 1 N–H and O–H groups in total. The van der Waals surface area contributed by atoms with Crippen LogP contribution in [0.4, 0.5) is 5.69 Å².